The van der Waals surface area contributed by atoms with Gasteiger partial charge in [0.25, 0.3) is 5.91 Å². The van der Waals surface area contributed by atoms with Gasteiger partial charge >= 0.3 is 0 Å². The monoisotopic (exact) mass is 421 g/mol. The van der Waals surface area contributed by atoms with Crippen molar-refractivity contribution in [2.75, 3.05) is 33.4 Å². The van der Waals surface area contributed by atoms with Crippen LogP contribution < -0.4 is 10.2 Å². The summed E-state index contributed by atoms with van der Waals surface area (Å²) in [6, 6.07) is 13.7. The molecule has 1 aromatic heterocycles. The van der Waals surface area contributed by atoms with E-state index in [1.54, 1.807) is 13.3 Å². The van der Waals surface area contributed by atoms with Crippen LogP contribution in [0.5, 0.6) is 5.75 Å². The van der Waals surface area contributed by atoms with Gasteiger partial charge in [-0.25, -0.2) is 10.4 Å². The van der Waals surface area contributed by atoms with Crippen molar-refractivity contribution >= 4 is 23.2 Å². The maximum Gasteiger partial charge on any atom is 0.260 e. The molecule has 31 heavy (non-hydrogen) atoms. The first kappa shape index (κ1) is 21.0. The Morgan fingerprint density at radius 2 is 2.06 bits per heavy atom. The van der Waals surface area contributed by atoms with Gasteiger partial charge in [-0.1, -0.05) is 12.1 Å². The van der Waals surface area contributed by atoms with Crippen molar-refractivity contribution in [2.45, 2.75) is 20.0 Å². The number of nitrogens with zero attached hydrogens (tertiary/aromatic N) is 4. The molecule has 0 bridgehead atoms. The first-order valence-corrected chi connectivity index (χ1v) is 10.3. The van der Waals surface area contributed by atoms with Gasteiger partial charge in [0.1, 0.15) is 18.1 Å². The third-order valence-corrected chi connectivity index (χ3v) is 5.35. The van der Waals surface area contributed by atoms with Crippen molar-refractivity contribution in [3.63, 3.8) is 0 Å². The average molecular weight is 422 g/mol. The third kappa shape index (κ3) is 5.10. The minimum absolute atomic E-state index is 0.161. The number of hydrogen-bond acceptors (Lipinski definition) is 6. The van der Waals surface area contributed by atoms with Crippen LogP contribution >= 0.6 is 0 Å². The maximum absolute atomic E-state index is 12.4. The summed E-state index contributed by atoms with van der Waals surface area (Å²) in [4.78, 5) is 19.2. The fourth-order valence-corrected chi connectivity index (χ4v) is 3.76. The number of benzene rings is 2. The highest BCUT2D eigenvalue weighted by Gasteiger charge is 2.14. The van der Waals surface area contributed by atoms with Crippen molar-refractivity contribution in [3.8, 4) is 5.75 Å². The van der Waals surface area contributed by atoms with E-state index < -0.39 is 0 Å². The van der Waals surface area contributed by atoms with Crippen LogP contribution in [0.25, 0.3) is 11.0 Å². The number of imidazole rings is 1. The van der Waals surface area contributed by atoms with Crippen LogP contribution in [0, 0.1) is 6.92 Å². The van der Waals surface area contributed by atoms with Gasteiger partial charge in [-0.2, -0.15) is 5.10 Å². The van der Waals surface area contributed by atoms with Crippen LogP contribution in [-0.4, -0.2) is 60.0 Å². The van der Waals surface area contributed by atoms with E-state index in [1.165, 1.54) is 0 Å². The van der Waals surface area contributed by atoms with Crippen molar-refractivity contribution in [1.29, 1.82) is 0 Å². The highest BCUT2D eigenvalue weighted by Crippen LogP contribution is 2.21. The fraction of sp³-hybridized carbons (Fsp3) is 0.348. The molecule has 162 valence electrons. The Kier molecular flexibility index (Phi) is 6.59. The molecule has 0 atom stereocenters. The van der Waals surface area contributed by atoms with E-state index in [-0.39, 0.29) is 12.5 Å². The second kappa shape index (κ2) is 9.72. The minimum atomic E-state index is -0.204. The Morgan fingerprint density at radius 3 is 2.87 bits per heavy atom. The van der Waals surface area contributed by atoms with Crippen molar-refractivity contribution in [1.82, 2.24) is 19.9 Å². The quantitative estimate of drug-likeness (QED) is 0.468. The van der Waals surface area contributed by atoms with Gasteiger partial charge < -0.3 is 14.0 Å². The molecule has 0 radical (unpaired) electrons. The van der Waals surface area contributed by atoms with E-state index in [0.717, 1.165) is 66.6 Å². The number of amides is 1. The number of ether oxygens (including phenoxy) is 2. The molecule has 2 aromatic carbocycles. The lowest BCUT2D eigenvalue weighted by atomic mass is 10.1. The predicted octanol–water partition coefficient (Wildman–Crippen LogP) is 2.34. The second-order valence-electron chi connectivity index (χ2n) is 7.49. The Bertz CT molecular complexity index is 1090. The van der Waals surface area contributed by atoms with Gasteiger partial charge in [-0.3, -0.25) is 9.69 Å². The molecular weight excluding hydrogens is 394 g/mol. The van der Waals surface area contributed by atoms with E-state index in [9.17, 15) is 4.79 Å². The number of aryl methyl sites for hydroxylation is 1. The van der Waals surface area contributed by atoms with Gasteiger partial charge in [0.15, 0.2) is 0 Å². The highest BCUT2D eigenvalue weighted by atomic mass is 16.5. The summed E-state index contributed by atoms with van der Waals surface area (Å²) in [6.45, 7) is 6.15. The summed E-state index contributed by atoms with van der Waals surface area (Å²) in [7, 11) is 1.67. The molecule has 2 heterocycles. The van der Waals surface area contributed by atoms with Gasteiger partial charge in [0.05, 0.1) is 37.6 Å². The number of fused-ring (bicyclic) bond motifs is 1. The molecular formula is C23H27N5O3. The van der Waals surface area contributed by atoms with Crippen molar-refractivity contribution in [2.24, 2.45) is 5.10 Å². The molecule has 1 N–H and O–H groups in total. The molecule has 4 rings (SSSR count). The Hall–Kier alpha value is -3.23. The summed E-state index contributed by atoms with van der Waals surface area (Å²) in [5.41, 5.74) is 6.40. The molecule has 0 unspecified atom stereocenters. The number of hydrogen-bond donors (Lipinski definition) is 1. The van der Waals surface area contributed by atoms with E-state index in [2.05, 4.69) is 20.4 Å². The van der Waals surface area contributed by atoms with Crippen LogP contribution in [0.2, 0.25) is 0 Å². The van der Waals surface area contributed by atoms with Gasteiger partial charge in [-0.15, -0.1) is 0 Å². The molecule has 0 aliphatic carbocycles. The summed E-state index contributed by atoms with van der Waals surface area (Å²) < 4.78 is 12.8. The smallest absolute Gasteiger partial charge is 0.260 e. The number of aromatic nitrogens is 2. The molecule has 3 aromatic rings. The number of carbonyl (C=O) groups excluding carboxylic acids is 1. The fourth-order valence-electron chi connectivity index (χ4n) is 3.76. The van der Waals surface area contributed by atoms with E-state index in [1.807, 2.05) is 54.0 Å². The highest BCUT2D eigenvalue weighted by molar-refractivity contribution is 5.84. The molecule has 1 saturated heterocycles. The number of rotatable bonds is 7. The normalized spacial score (nSPS) is 14.9. The maximum atomic E-state index is 12.4. The lowest BCUT2D eigenvalue weighted by Crippen LogP contribution is -2.35. The van der Waals surface area contributed by atoms with E-state index in [0.29, 0.717) is 0 Å². The molecule has 1 aliphatic heterocycles. The van der Waals surface area contributed by atoms with Gasteiger partial charge in [0.2, 0.25) is 0 Å². The number of para-hydroxylation sites is 2. The zero-order valence-corrected chi connectivity index (χ0v) is 17.9. The Labute approximate surface area is 181 Å². The standard InChI is InChI=1S/C23H27N5O3/c1-17-25-20-5-3-4-6-21(20)28(17)16-23(29)26-24-14-18-7-8-22(30-2)19(13-18)15-27-9-11-31-12-10-27/h3-8,13-14H,9-12,15-16H2,1-2H3,(H,26,29)/b24-14-. The number of methoxy groups -OCH3 is 1. The molecule has 1 aliphatic rings. The summed E-state index contributed by atoms with van der Waals surface area (Å²) in [5.74, 6) is 1.43. The molecule has 0 saturated carbocycles. The lowest BCUT2D eigenvalue weighted by Gasteiger charge is -2.27. The molecule has 8 nitrogen and oxygen atoms in total. The van der Waals surface area contributed by atoms with E-state index in [4.69, 9.17) is 9.47 Å². The number of hydrazone groups is 1. The van der Waals surface area contributed by atoms with Gasteiger partial charge in [-0.05, 0) is 42.8 Å². The van der Waals surface area contributed by atoms with Gasteiger partial charge in [0, 0.05) is 25.2 Å². The number of carbonyl (C=O) groups is 1. The Morgan fingerprint density at radius 1 is 1.26 bits per heavy atom. The molecule has 1 amide bonds. The molecule has 1 fully saturated rings. The average Bonchev–Trinajstić information content (AvgIpc) is 3.10. The second-order valence-corrected chi connectivity index (χ2v) is 7.49. The lowest BCUT2D eigenvalue weighted by molar-refractivity contribution is -0.121. The predicted molar refractivity (Wildman–Crippen MR) is 119 cm³/mol. The minimum Gasteiger partial charge on any atom is -0.496 e. The van der Waals surface area contributed by atoms with Crippen LogP contribution in [-0.2, 0) is 22.6 Å². The van der Waals surface area contributed by atoms with E-state index >= 15 is 0 Å². The van der Waals surface area contributed by atoms with Crippen LogP contribution in [0.15, 0.2) is 47.6 Å². The summed E-state index contributed by atoms with van der Waals surface area (Å²) in [6.07, 6.45) is 1.65. The van der Waals surface area contributed by atoms with Crippen LogP contribution in [0.3, 0.4) is 0 Å². The zero-order valence-electron chi connectivity index (χ0n) is 17.9. The van der Waals surface area contributed by atoms with Crippen molar-refractivity contribution in [3.05, 3.63) is 59.4 Å². The number of nitrogens with one attached hydrogen (secondary N) is 1. The summed E-state index contributed by atoms with van der Waals surface area (Å²) in [5, 5.41) is 4.14. The van der Waals surface area contributed by atoms with Crippen LogP contribution in [0.1, 0.15) is 17.0 Å². The third-order valence-electron chi connectivity index (χ3n) is 5.35. The Balaban J connectivity index is 1.40. The molecule has 8 heteroatoms. The largest absolute Gasteiger partial charge is 0.496 e. The number of morpholine rings is 1. The van der Waals surface area contributed by atoms with Crippen LogP contribution in [0.4, 0.5) is 0 Å². The SMILES string of the molecule is COc1ccc(/C=N\NC(=O)Cn2c(C)nc3ccccc32)cc1CN1CCOCC1. The topological polar surface area (TPSA) is 81.0 Å². The first-order valence-electron chi connectivity index (χ1n) is 10.3. The molecule has 0 spiro atoms. The first-order chi connectivity index (χ1) is 15.1. The summed E-state index contributed by atoms with van der Waals surface area (Å²) >= 11 is 0. The zero-order chi connectivity index (χ0) is 21.6. The van der Waals surface area contributed by atoms with Crippen molar-refractivity contribution < 1.29 is 14.3 Å².